The van der Waals surface area contributed by atoms with E-state index < -0.39 is 17.0 Å². The van der Waals surface area contributed by atoms with Gasteiger partial charge in [0.1, 0.15) is 5.69 Å². The molecule has 1 fully saturated rings. The molecule has 168 valence electrons. The van der Waals surface area contributed by atoms with Crippen LogP contribution in [0.3, 0.4) is 0 Å². The smallest absolute Gasteiger partial charge is 0.274 e. The molecule has 2 aliphatic rings. The third-order valence-electron chi connectivity index (χ3n) is 6.38. The number of benzene rings is 1. The van der Waals surface area contributed by atoms with Gasteiger partial charge in [-0.25, -0.2) is 18.7 Å². The van der Waals surface area contributed by atoms with Gasteiger partial charge >= 0.3 is 0 Å². The molecule has 1 saturated heterocycles. The standard InChI is InChI=1S/C24H19ClF2N4O2/c25-16-12-17(26)18(27)13-20(16)31-11-9-24(23(31)33)7-5-15(6-8-24)29-22(32)19-4-3-14-2-1-10-28-21(14)30-19/h1-5,10,12-13H,6-9,11H2,(H,29,32)/t24-/m0/s1. The number of nitrogens with zero attached hydrogens (tertiary/aromatic N) is 3. The molecule has 2 amide bonds. The number of fused-ring (bicyclic) bond motifs is 1. The van der Waals surface area contributed by atoms with E-state index in [9.17, 15) is 18.4 Å². The summed E-state index contributed by atoms with van der Waals surface area (Å²) in [5.41, 5.74) is 1.02. The summed E-state index contributed by atoms with van der Waals surface area (Å²) in [6.07, 6.45) is 5.51. The first-order valence-electron chi connectivity index (χ1n) is 10.5. The molecule has 0 unspecified atom stereocenters. The lowest BCUT2D eigenvalue weighted by Crippen LogP contribution is -2.37. The van der Waals surface area contributed by atoms with E-state index in [0.717, 1.165) is 23.2 Å². The average Bonchev–Trinajstić information content (AvgIpc) is 3.13. The fourth-order valence-electron chi connectivity index (χ4n) is 4.49. The summed E-state index contributed by atoms with van der Waals surface area (Å²) in [5, 5.41) is 3.72. The Balaban J connectivity index is 1.30. The van der Waals surface area contributed by atoms with Gasteiger partial charge in [0.25, 0.3) is 5.91 Å². The maximum absolute atomic E-state index is 13.7. The molecule has 1 aliphatic carbocycles. The highest BCUT2D eigenvalue weighted by Crippen LogP contribution is 2.46. The zero-order valence-electron chi connectivity index (χ0n) is 17.4. The van der Waals surface area contributed by atoms with Gasteiger partial charge in [-0.15, -0.1) is 0 Å². The lowest BCUT2D eigenvalue weighted by Gasteiger charge is -2.31. The van der Waals surface area contributed by atoms with E-state index in [2.05, 4.69) is 15.3 Å². The summed E-state index contributed by atoms with van der Waals surface area (Å²) in [6, 6.07) is 8.96. The number of allylic oxidation sites excluding steroid dienone is 2. The van der Waals surface area contributed by atoms with Crippen molar-refractivity contribution in [3.63, 3.8) is 0 Å². The lowest BCUT2D eigenvalue weighted by atomic mass is 9.75. The van der Waals surface area contributed by atoms with E-state index in [-0.39, 0.29) is 28.2 Å². The van der Waals surface area contributed by atoms with Crippen molar-refractivity contribution in [2.24, 2.45) is 5.41 Å². The van der Waals surface area contributed by atoms with Crippen LogP contribution >= 0.6 is 11.6 Å². The zero-order chi connectivity index (χ0) is 23.2. The minimum atomic E-state index is -1.05. The van der Waals surface area contributed by atoms with Crippen LogP contribution in [0, 0.1) is 17.0 Å². The topological polar surface area (TPSA) is 75.2 Å². The van der Waals surface area contributed by atoms with Gasteiger partial charge in [-0.3, -0.25) is 9.59 Å². The number of aromatic nitrogens is 2. The summed E-state index contributed by atoms with van der Waals surface area (Å²) >= 11 is 6.08. The number of pyridine rings is 2. The molecule has 33 heavy (non-hydrogen) atoms. The van der Waals surface area contributed by atoms with Gasteiger partial charge in [0, 0.05) is 29.9 Å². The van der Waals surface area contributed by atoms with Crippen molar-refractivity contribution in [2.45, 2.75) is 25.7 Å². The first-order chi connectivity index (χ1) is 15.9. The van der Waals surface area contributed by atoms with Gasteiger partial charge in [-0.1, -0.05) is 17.7 Å². The van der Waals surface area contributed by atoms with Crippen LogP contribution in [0.2, 0.25) is 5.02 Å². The van der Waals surface area contributed by atoms with Crippen molar-refractivity contribution < 1.29 is 18.4 Å². The minimum Gasteiger partial charge on any atom is -0.325 e. The third-order valence-corrected chi connectivity index (χ3v) is 6.68. The summed E-state index contributed by atoms with van der Waals surface area (Å²) in [4.78, 5) is 35.8. The monoisotopic (exact) mass is 468 g/mol. The minimum absolute atomic E-state index is 0.00372. The normalized spacial score (nSPS) is 20.4. The SMILES string of the molecule is O=C(NC1=CC[C@]2(CC1)CCN(c1cc(F)c(F)cc1Cl)C2=O)c1ccc2cccnc2n1. The molecule has 9 heteroatoms. The molecule has 3 aromatic rings. The largest absolute Gasteiger partial charge is 0.325 e. The van der Waals surface area contributed by atoms with Crippen LogP contribution < -0.4 is 10.2 Å². The molecule has 6 nitrogen and oxygen atoms in total. The number of rotatable bonds is 3. The first-order valence-corrected chi connectivity index (χ1v) is 10.9. The number of carbonyl (C=O) groups is 2. The van der Waals surface area contributed by atoms with Crippen LogP contribution in [-0.2, 0) is 4.79 Å². The lowest BCUT2D eigenvalue weighted by molar-refractivity contribution is -0.126. The van der Waals surface area contributed by atoms with Crippen LogP contribution in [0.15, 0.2) is 54.4 Å². The second-order valence-electron chi connectivity index (χ2n) is 8.34. The average molecular weight is 469 g/mol. The number of anilines is 1. The second kappa shape index (κ2) is 8.19. The Morgan fingerprint density at radius 1 is 1.15 bits per heavy atom. The number of nitrogens with one attached hydrogen (secondary N) is 1. The van der Waals surface area contributed by atoms with E-state index in [0.29, 0.717) is 37.9 Å². The van der Waals surface area contributed by atoms with Gasteiger partial charge in [-0.05, 0) is 56.0 Å². The summed E-state index contributed by atoms with van der Waals surface area (Å²) in [6.45, 7) is 0.368. The highest BCUT2D eigenvalue weighted by Gasteiger charge is 2.47. The fraction of sp³-hybridized carbons (Fsp3) is 0.250. The van der Waals surface area contributed by atoms with Crippen LogP contribution in [0.1, 0.15) is 36.2 Å². The van der Waals surface area contributed by atoms with Gasteiger partial charge < -0.3 is 10.2 Å². The van der Waals surface area contributed by atoms with Crippen LogP contribution in [0.5, 0.6) is 0 Å². The molecule has 1 atom stereocenters. The molecule has 1 aliphatic heterocycles. The molecular formula is C24H19ClF2N4O2. The number of hydrogen-bond acceptors (Lipinski definition) is 4. The van der Waals surface area contributed by atoms with Crippen LogP contribution in [0.4, 0.5) is 14.5 Å². The number of carbonyl (C=O) groups excluding carboxylic acids is 2. The van der Waals surface area contributed by atoms with Gasteiger partial charge in [-0.2, -0.15) is 0 Å². The van der Waals surface area contributed by atoms with E-state index in [1.54, 1.807) is 24.4 Å². The summed E-state index contributed by atoms with van der Waals surface area (Å²) < 4.78 is 27.2. The molecule has 2 aromatic heterocycles. The van der Waals surface area contributed by atoms with Crippen LogP contribution in [0.25, 0.3) is 11.0 Å². The predicted molar refractivity (Wildman–Crippen MR) is 120 cm³/mol. The van der Waals surface area contributed by atoms with Crippen molar-refractivity contribution in [1.82, 2.24) is 15.3 Å². The van der Waals surface area contributed by atoms with Crippen molar-refractivity contribution in [3.8, 4) is 0 Å². The van der Waals surface area contributed by atoms with Crippen LogP contribution in [-0.4, -0.2) is 28.3 Å². The van der Waals surface area contributed by atoms with Gasteiger partial charge in [0.2, 0.25) is 5.91 Å². The fourth-order valence-corrected chi connectivity index (χ4v) is 4.74. The molecule has 1 spiro atoms. The molecular weight excluding hydrogens is 450 g/mol. The third kappa shape index (κ3) is 3.84. The molecule has 5 rings (SSSR count). The van der Waals surface area contributed by atoms with E-state index >= 15 is 0 Å². The van der Waals surface area contributed by atoms with E-state index in [4.69, 9.17) is 11.6 Å². The van der Waals surface area contributed by atoms with Crippen molar-refractivity contribution in [2.75, 3.05) is 11.4 Å². The Hall–Kier alpha value is -3.39. The Morgan fingerprint density at radius 2 is 1.97 bits per heavy atom. The Bertz CT molecular complexity index is 1330. The highest BCUT2D eigenvalue weighted by molar-refractivity contribution is 6.34. The first kappa shape index (κ1) is 21.5. The second-order valence-corrected chi connectivity index (χ2v) is 8.75. The molecule has 0 saturated carbocycles. The Morgan fingerprint density at radius 3 is 2.76 bits per heavy atom. The number of hydrogen-bond donors (Lipinski definition) is 1. The molecule has 3 heterocycles. The maximum Gasteiger partial charge on any atom is 0.274 e. The van der Waals surface area contributed by atoms with Gasteiger partial charge in [0.15, 0.2) is 17.3 Å². The van der Waals surface area contributed by atoms with Crippen molar-refractivity contribution >= 4 is 40.1 Å². The van der Waals surface area contributed by atoms with Gasteiger partial charge in [0.05, 0.1) is 16.1 Å². The van der Waals surface area contributed by atoms with Crippen molar-refractivity contribution in [3.05, 3.63) is 76.7 Å². The predicted octanol–water partition coefficient (Wildman–Crippen LogP) is 4.78. The molecule has 0 radical (unpaired) electrons. The molecule has 1 N–H and O–H groups in total. The maximum atomic E-state index is 13.7. The highest BCUT2D eigenvalue weighted by atomic mass is 35.5. The number of amides is 2. The van der Waals surface area contributed by atoms with E-state index in [1.807, 2.05) is 12.1 Å². The summed E-state index contributed by atoms with van der Waals surface area (Å²) in [5.74, 6) is -2.60. The zero-order valence-corrected chi connectivity index (χ0v) is 18.2. The molecule has 1 aromatic carbocycles. The van der Waals surface area contributed by atoms with E-state index in [1.165, 1.54) is 4.90 Å². The van der Waals surface area contributed by atoms with Crippen molar-refractivity contribution in [1.29, 1.82) is 0 Å². The Labute approximate surface area is 193 Å². The number of halogens is 3. The molecule has 0 bridgehead atoms. The Kier molecular flexibility index (Phi) is 5.32. The quantitative estimate of drug-likeness (QED) is 0.561. The summed E-state index contributed by atoms with van der Waals surface area (Å²) in [7, 11) is 0.